The highest BCUT2D eigenvalue weighted by Crippen LogP contribution is 2.53. The van der Waals surface area contributed by atoms with Crippen molar-refractivity contribution in [3.05, 3.63) is 89.6 Å². The van der Waals surface area contributed by atoms with Crippen LogP contribution in [0.5, 0.6) is 0 Å². The van der Waals surface area contributed by atoms with E-state index in [-0.39, 0.29) is 59.3 Å². The highest BCUT2D eigenvalue weighted by atomic mass is 19.1. The second-order valence-electron chi connectivity index (χ2n) is 23.7. The average Bonchev–Trinajstić information content (AvgIpc) is 4.21. The highest BCUT2D eigenvalue weighted by Gasteiger charge is 2.56. The molecule has 3 aromatic heterocycles. The molecule has 6 fully saturated rings. The van der Waals surface area contributed by atoms with Crippen LogP contribution in [-0.2, 0) is 29.4 Å². The lowest BCUT2D eigenvalue weighted by atomic mass is 9.72. The maximum atomic E-state index is 15.4. The van der Waals surface area contributed by atoms with Crippen LogP contribution in [0.25, 0.3) is 22.3 Å². The van der Waals surface area contributed by atoms with Crippen LogP contribution in [0.2, 0.25) is 0 Å². The number of pyridine rings is 2. The predicted molar refractivity (Wildman–Crippen MR) is 293 cm³/mol. The number of aryl methyl sites for hydroxylation is 1. The number of imidazole rings is 1. The Morgan fingerprint density at radius 3 is 2.23 bits per heavy atom. The lowest BCUT2D eigenvalue weighted by molar-refractivity contribution is -0.150. The van der Waals surface area contributed by atoms with Crippen molar-refractivity contribution in [2.75, 3.05) is 67.5 Å². The molecule has 1 aliphatic carbocycles. The molecule has 2 aromatic carbocycles. The topological polar surface area (TPSA) is 169 Å². The summed E-state index contributed by atoms with van der Waals surface area (Å²) in [5.74, 6) is 0.387. The molecule has 5 aromatic rings. The summed E-state index contributed by atoms with van der Waals surface area (Å²) in [6.07, 6.45) is 11.9. The van der Waals surface area contributed by atoms with Gasteiger partial charge in [-0.25, -0.2) is 19.3 Å². The number of rotatable bonds is 10. The Morgan fingerprint density at radius 2 is 1.53 bits per heavy atom. The number of halogens is 1. The Balaban J connectivity index is 0.722. The first-order valence-electron chi connectivity index (χ1n) is 28.4. The van der Waals surface area contributed by atoms with Crippen molar-refractivity contribution in [2.24, 2.45) is 11.3 Å². The number of carbonyl (C=O) groups is 5. The Bertz CT molecular complexity index is 3140. The minimum Gasteiger partial charge on any atom is -0.357 e. The van der Waals surface area contributed by atoms with Crippen molar-refractivity contribution in [1.29, 1.82) is 0 Å². The molecular weight excluding hydrogens is 974 g/mol. The van der Waals surface area contributed by atoms with Gasteiger partial charge >= 0.3 is 0 Å². The van der Waals surface area contributed by atoms with Crippen LogP contribution >= 0.6 is 0 Å². The Hall–Kier alpha value is -6.75. The monoisotopic (exact) mass is 1050 g/mol. The largest absolute Gasteiger partial charge is 0.357 e. The number of nitrogens with one attached hydrogen (secondary N) is 2. The second-order valence-corrected chi connectivity index (χ2v) is 23.7. The van der Waals surface area contributed by atoms with Crippen molar-refractivity contribution in [3.63, 3.8) is 0 Å². The summed E-state index contributed by atoms with van der Waals surface area (Å²) in [6.45, 7) is 13.8. The number of imide groups is 1. The van der Waals surface area contributed by atoms with Crippen molar-refractivity contribution in [2.45, 2.75) is 141 Å². The number of fused-ring (bicyclic) bond motifs is 3. The van der Waals surface area contributed by atoms with E-state index in [9.17, 15) is 19.2 Å². The Labute approximate surface area is 450 Å². The number of para-hydroxylation sites is 1. The van der Waals surface area contributed by atoms with Crippen molar-refractivity contribution in [1.82, 2.24) is 39.5 Å². The number of aromatic nitrogens is 4. The molecule has 2 N–H and O–H groups in total. The summed E-state index contributed by atoms with van der Waals surface area (Å²) < 4.78 is 17.2. The number of hydrogen-bond acceptors (Lipinski definition) is 11. The third-order valence-electron chi connectivity index (χ3n) is 18.8. The first-order chi connectivity index (χ1) is 37.2. The first-order valence-corrected chi connectivity index (χ1v) is 28.4. The number of amides is 5. The summed E-state index contributed by atoms with van der Waals surface area (Å²) in [4.78, 5) is 94.0. The molecule has 1 atom stereocenters. The molecule has 1 saturated carbocycles. The third kappa shape index (κ3) is 9.23. The summed E-state index contributed by atoms with van der Waals surface area (Å²) in [6, 6.07) is 19.4. The molecule has 5 saturated heterocycles. The van der Waals surface area contributed by atoms with Gasteiger partial charge < -0.3 is 34.4 Å². The molecule has 17 heteroatoms. The van der Waals surface area contributed by atoms with Gasteiger partial charge in [0.15, 0.2) is 5.82 Å². The predicted octanol–water partition coefficient (Wildman–Crippen LogP) is 8.55. The minimum absolute atomic E-state index is 0.0736. The van der Waals surface area contributed by atoms with Gasteiger partial charge in [-0.1, -0.05) is 43.7 Å². The van der Waals surface area contributed by atoms with Crippen LogP contribution in [0.15, 0.2) is 67.0 Å². The van der Waals surface area contributed by atoms with Gasteiger partial charge in [-0.3, -0.25) is 29.3 Å². The molecule has 77 heavy (non-hydrogen) atoms. The van der Waals surface area contributed by atoms with Crippen LogP contribution in [0.3, 0.4) is 0 Å². The quantitative estimate of drug-likeness (QED) is 0.129. The summed E-state index contributed by atoms with van der Waals surface area (Å²) in [5, 5.41) is 5.74. The number of piperidine rings is 5. The highest BCUT2D eigenvalue weighted by molar-refractivity contribution is 6.10. The number of hydrogen-bond donors (Lipinski definition) is 2. The van der Waals surface area contributed by atoms with E-state index in [2.05, 4.69) is 64.3 Å². The molecule has 16 nitrogen and oxygen atoms in total. The van der Waals surface area contributed by atoms with E-state index in [1.54, 1.807) is 24.5 Å². The van der Waals surface area contributed by atoms with Gasteiger partial charge in [0.1, 0.15) is 17.2 Å². The third-order valence-corrected chi connectivity index (χ3v) is 18.8. The lowest BCUT2D eigenvalue weighted by Gasteiger charge is -2.48. The summed E-state index contributed by atoms with van der Waals surface area (Å²) in [7, 11) is 0. The zero-order valence-corrected chi connectivity index (χ0v) is 45.0. The fraction of sp³-hybridized carbons (Fsp3) is 0.533. The van der Waals surface area contributed by atoms with Gasteiger partial charge in [0.05, 0.1) is 34.6 Å². The molecule has 7 aliphatic rings. The lowest BCUT2D eigenvalue weighted by Crippen LogP contribution is -2.59. The Kier molecular flexibility index (Phi) is 13.4. The smallest absolute Gasteiger partial charge is 0.238 e. The molecule has 9 heterocycles. The van der Waals surface area contributed by atoms with Crippen LogP contribution in [0.1, 0.15) is 133 Å². The van der Waals surface area contributed by atoms with E-state index in [1.165, 1.54) is 25.3 Å². The van der Waals surface area contributed by atoms with Crippen LogP contribution in [0.4, 0.5) is 27.4 Å². The fourth-order valence-corrected chi connectivity index (χ4v) is 13.9. The number of likely N-dealkylation sites (tertiary alicyclic amines) is 3. The molecule has 5 amide bonds. The number of benzene rings is 2. The van der Waals surface area contributed by atoms with E-state index >= 15 is 9.18 Å². The standard InChI is InChI=1S/C60H72FN11O5/c1-37(2)71-36-62-49-35-48(65-54(53(49)71)64-47-11-7-6-10-46(47)61)40-12-15-45-50(32-40)72(42-33-41(34-42)67-24-8-5-9-25-67)58(77)60(45)22-30-70(31-23-60)57(76)59(4)20-28-69(29-21-59)56(75)39-18-26-68(27-19-39)51-16-13-43(38(3)63-51)44-14-17-52(73)66-55(44)74/h6-7,10-13,15-16,32,35-37,39,41-42,44H,5,8-9,14,17-31,33-34H2,1-4H3,(H,64,65)(H,66,73,74). The van der Waals surface area contributed by atoms with Crippen LogP contribution in [-0.4, -0.2) is 128 Å². The van der Waals surface area contributed by atoms with E-state index in [0.29, 0.717) is 114 Å². The molecule has 404 valence electrons. The van der Waals surface area contributed by atoms with Crippen LogP contribution in [0, 0.1) is 24.1 Å². The van der Waals surface area contributed by atoms with E-state index in [0.717, 1.165) is 70.9 Å². The van der Waals surface area contributed by atoms with Crippen molar-refractivity contribution < 1.29 is 28.4 Å². The first kappa shape index (κ1) is 51.0. The zero-order chi connectivity index (χ0) is 53.3. The molecule has 0 radical (unpaired) electrons. The molecule has 1 spiro atoms. The van der Waals surface area contributed by atoms with Crippen molar-refractivity contribution >= 4 is 63.6 Å². The summed E-state index contributed by atoms with van der Waals surface area (Å²) in [5.41, 5.74) is 5.57. The normalized spacial score (nSPS) is 23.9. The average molecular weight is 1050 g/mol. The van der Waals surface area contributed by atoms with Crippen LogP contribution < -0.4 is 20.4 Å². The van der Waals surface area contributed by atoms with Gasteiger partial charge in [0.25, 0.3) is 0 Å². The zero-order valence-electron chi connectivity index (χ0n) is 45.0. The second kappa shape index (κ2) is 20.2. The maximum Gasteiger partial charge on any atom is 0.238 e. The number of nitrogens with zero attached hydrogens (tertiary/aromatic N) is 9. The van der Waals surface area contributed by atoms with Gasteiger partial charge in [0.2, 0.25) is 29.5 Å². The van der Waals surface area contributed by atoms with Gasteiger partial charge in [0, 0.05) is 92.1 Å². The number of anilines is 4. The fourth-order valence-electron chi connectivity index (χ4n) is 13.9. The Morgan fingerprint density at radius 1 is 0.805 bits per heavy atom. The molecule has 6 aliphatic heterocycles. The molecule has 12 rings (SSSR count). The van der Waals surface area contributed by atoms with Gasteiger partial charge in [-0.05, 0) is 146 Å². The summed E-state index contributed by atoms with van der Waals surface area (Å²) >= 11 is 0. The maximum absolute atomic E-state index is 15.4. The van der Waals surface area contributed by atoms with Gasteiger partial charge in [-0.2, -0.15) is 0 Å². The molecule has 0 bridgehead atoms. The SMILES string of the molecule is Cc1nc(N2CCC(C(=O)N3CCC(C)(C(=O)N4CCC5(CC4)C(=O)N(C4CC(N6CCCCC6)C4)c4cc(-c6cc7ncn(C(C)C)c7c(Nc7ccccc7F)n6)ccc45)CC3)CC2)ccc1C1CCC(=O)NC1=O. The van der Waals surface area contributed by atoms with E-state index < -0.39 is 10.8 Å². The molecular formula is C60H72FN11O5. The minimum atomic E-state index is -0.758. The van der Waals surface area contributed by atoms with Gasteiger partial charge in [-0.15, -0.1) is 0 Å². The van der Waals surface area contributed by atoms with E-state index in [4.69, 9.17) is 15.0 Å². The number of carbonyl (C=O) groups excluding carboxylic acids is 5. The molecule has 1 unspecified atom stereocenters. The van der Waals surface area contributed by atoms with E-state index in [1.807, 2.05) is 39.5 Å². The van der Waals surface area contributed by atoms with Crippen molar-refractivity contribution in [3.8, 4) is 11.3 Å².